The number of hydrogen-bond acceptors (Lipinski definition) is 4. The van der Waals surface area contributed by atoms with Crippen molar-refractivity contribution in [1.29, 1.82) is 0 Å². The summed E-state index contributed by atoms with van der Waals surface area (Å²) in [6.45, 7) is 0.396. The van der Waals surface area contributed by atoms with Gasteiger partial charge < -0.3 is 24.3 Å². The van der Waals surface area contributed by atoms with Crippen LogP contribution in [0.5, 0.6) is 11.5 Å². The van der Waals surface area contributed by atoms with E-state index in [1.54, 1.807) is 13.2 Å². The average molecular weight is 317 g/mol. The number of benzene rings is 1. The zero-order valence-corrected chi connectivity index (χ0v) is 12.6. The first kappa shape index (κ1) is 15.0. The molecule has 3 rings (SSSR count). The summed E-state index contributed by atoms with van der Waals surface area (Å²) in [5, 5.41) is 18.6. The molecule has 0 bridgehead atoms. The second-order valence-electron chi connectivity index (χ2n) is 5.17. The van der Waals surface area contributed by atoms with Gasteiger partial charge in [-0.25, -0.2) is 9.59 Å². The van der Waals surface area contributed by atoms with Crippen molar-refractivity contribution in [2.45, 2.75) is 13.0 Å². The molecule has 2 N–H and O–H groups in total. The molecule has 2 aromatic rings. The highest BCUT2D eigenvalue weighted by Gasteiger charge is 2.29. The van der Waals surface area contributed by atoms with Crippen molar-refractivity contribution < 1.29 is 29.3 Å². The van der Waals surface area contributed by atoms with Crippen molar-refractivity contribution in [1.82, 2.24) is 4.57 Å². The Labute approximate surface area is 131 Å². The van der Waals surface area contributed by atoms with Crippen LogP contribution in [0.1, 0.15) is 26.4 Å². The molecular weight excluding hydrogens is 302 g/mol. The lowest BCUT2D eigenvalue weighted by Crippen LogP contribution is -2.17. The topological polar surface area (TPSA) is 98.0 Å². The van der Waals surface area contributed by atoms with Crippen molar-refractivity contribution in [3.63, 3.8) is 0 Å². The molecule has 0 unspecified atom stereocenters. The molecule has 0 amide bonds. The summed E-state index contributed by atoms with van der Waals surface area (Å²) in [4.78, 5) is 22.8. The number of carbonyl (C=O) groups is 2. The molecule has 7 heteroatoms. The van der Waals surface area contributed by atoms with Crippen molar-refractivity contribution >= 4 is 11.9 Å². The van der Waals surface area contributed by atoms with Crippen molar-refractivity contribution in [2.24, 2.45) is 0 Å². The lowest BCUT2D eigenvalue weighted by molar-refractivity contribution is 0.0643. The van der Waals surface area contributed by atoms with E-state index in [-0.39, 0.29) is 11.3 Å². The predicted molar refractivity (Wildman–Crippen MR) is 80.6 cm³/mol. The Hall–Kier alpha value is -2.96. The van der Waals surface area contributed by atoms with Crippen LogP contribution >= 0.6 is 0 Å². The molecule has 1 aromatic heterocycles. The molecule has 0 atom stereocenters. The number of aryl methyl sites for hydroxylation is 1. The van der Waals surface area contributed by atoms with Gasteiger partial charge in [-0.1, -0.05) is 0 Å². The minimum Gasteiger partial charge on any atom is -0.493 e. The third-order valence-corrected chi connectivity index (χ3v) is 4.02. The van der Waals surface area contributed by atoms with E-state index in [4.69, 9.17) is 9.47 Å². The number of aromatic carboxylic acids is 2. The molecule has 2 heterocycles. The summed E-state index contributed by atoms with van der Waals surface area (Å²) < 4.78 is 12.1. The lowest BCUT2D eigenvalue weighted by Gasteiger charge is -2.22. The molecule has 0 aliphatic carbocycles. The molecule has 1 aliphatic rings. The standard InChI is InChI=1S/C16H15NO6/c1-22-12-5-8-3-4-17-11(9(8)7-13(12)23-2)6-10(15(18)19)14(17)16(20)21/h5-7H,3-4H2,1-2H3,(H,18,19)(H,20,21). The number of methoxy groups -OCH3 is 2. The van der Waals surface area contributed by atoms with Crippen molar-refractivity contribution in [2.75, 3.05) is 14.2 Å². The summed E-state index contributed by atoms with van der Waals surface area (Å²) in [7, 11) is 3.05. The smallest absolute Gasteiger partial charge is 0.353 e. The zero-order valence-electron chi connectivity index (χ0n) is 12.6. The largest absolute Gasteiger partial charge is 0.493 e. The van der Waals surface area contributed by atoms with Gasteiger partial charge in [0.25, 0.3) is 0 Å². The molecule has 0 fully saturated rings. The van der Waals surface area contributed by atoms with Gasteiger partial charge in [0.2, 0.25) is 0 Å². The fraction of sp³-hybridized carbons (Fsp3) is 0.250. The molecule has 23 heavy (non-hydrogen) atoms. The van der Waals surface area contributed by atoms with Gasteiger partial charge in [-0.2, -0.15) is 0 Å². The number of nitrogens with zero attached hydrogens (tertiary/aromatic N) is 1. The zero-order chi connectivity index (χ0) is 16.7. The molecule has 0 saturated heterocycles. The van der Waals surface area contributed by atoms with Gasteiger partial charge in [-0.05, 0) is 30.2 Å². The van der Waals surface area contributed by atoms with E-state index in [2.05, 4.69) is 0 Å². The first-order chi connectivity index (χ1) is 11.0. The van der Waals surface area contributed by atoms with Crippen molar-refractivity contribution in [3.8, 4) is 22.8 Å². The summed E-state index contributed by atoms with van der Waals surface area (Å²) in [6.07, 6.45) is 0.580. The monoisotopic (exact) mass is 317 g/mol. The summed E-state index contributed by atoms with van der Waals surface area (Å²) in [5.74, 6) is -1.42. The number of rotatable bonds is 4. The Balaban J connectivity index is 2.27. The molecule has 1 aliphatic heterocycles. The van der Waals surface area contributed by atoms with E-state index in [0.717, 1.165) is 11.1 Å². The fourth-order valence-electron chi connectivity index (χ4n) is 3.00. The quantitative estimate of drug-likeness (QED) is 0.896. The summed E-state index contributed by atoms with van der Waals surface area (Å²) in [6, 6.07) is 4.98. The molecule has 7 nitrogen and oxygen atoms in total. The minimum absolute atomic E-state index is 0.201. The van der Waals surface area contributed by atoms with Gasteiger partial charge in [0, 0.05) is 17.8 Å². The SMILES string of the molecule is COc1cc2c(cc1OC)-c1cc(C(=O)O)c(C(=O)O)n1CC2. The van der Waals surface area contributed by atoms with Crippen LogP contribution < -0.4 is 9.47 Å². The third kappa shape index (κ3) is 2.21. The number of carboxylic acid groups (broad SMARTS) is 2. The Morgan fingerprint density at radius 1 is 1.04 bits per heavy atom. The Morgan fingerprint density at radius 3 is 2.26 bits per heavy atom. The van der Waals surface area contributed by atoms with Crippen LogP contribution in [-0.4, -0.2) is 40.9 Å². The van der Waals surface area contributed by atoms with Crippen LogP contribution in [0.4, 0.5) is 0 Å². The van der Waals surface area contributed by atoms with Crippen LogP contribution in [0.25, 0.3) is 11.3 Å². The number of ether oxygens (including phenoxy) is 2. The highest BCUT2D eigenvalue weighted by Crippen LogP contribution is 2.40. The first-order valence-corrected chi connectivity index (χ1v) is 6.93. The Morgan fingerprint density at radius 2 is 1.70 bits per heavy atom. The Bertz CT molecular complexity index is 820. The maximum Gasteiger partial charge on any atom is 0.353 e. The number of hydrogen-bond donors (Lipinski definition) is 2. The van der Waals surface area contributed by atoms with E-state index in [1.165, 1.54) is 17.7 Å². The van der Waals surface area contributed by atoms with Crippen LogP contribution in [0, 0.1) is 0 Å². The highest BCUT2D eigenvalue weighted by atomic mass is 16.5. The van der Waals surface area contributed by atoms with Crippen LogP contribution in [-0.2, 0) is 13.0 Å². The molecular formula is C16H15NO6. The van der Waals surface area contributed by atoms with Gasteiger partial charge in [-0.3, -0.25) is 0 Å². The highest BCUT2D eigenvalue weighted by molar-refractivity contribution is 6.02. The first-order valence-electron chi connectivity index (χ1n) is 6.93. The number of aromatic nitrogens is 1. The third-order valence-electron chi connectivity index (χ3n) is 4.02. The molecule has 0 spiro atoms. The van der Waals surface area contributed by atoms with Gasteiger partial charge in [0.05, 0.1) is 19.8 Å². The van der Waals surface area contributed by atoms with Gasteiger partial charge in [0.15, 0.2) is 11.5 Å². The van der Waals surface area contributed by atoms with Crippen LogP contribution in [0.2, 0.25) is 0 Å². The second-order valence-corrected chi connectivity index (χ2v) is 5.17. The summed E-state index contributed by atoms with van der Waals surface area (Å²) in [5.41, 5.74) is 1.86. The number of carboxylic acids is 2. The van der Waals surface area contributed by atoms with Gasteiger partial charge >= 0.3 is 11.9 Å². The molecule has 0 saturated carbocycles. The van der Waals surface area contributed by atoms with E-state index in [1.807, 2.05) is 6.07 Å². The summed E-state index contributed by atoms with van der Waals surface area (Å²) >= 11 is 0. The van der Waals surface area contributed by atoms with E-state index in [0.29, 0.717) is 30.2 Å². The molecule has 120 valence electrons. The van der Waals surface area contributed by atoms with Gasteiger partial charge in [-0.15, -0.1) is 0 Å². The minimum atomic E-state index is -1.26. The Kier molecular flexibility index (Phi) is 3.48. The average Bonchev–Trinajstić information content (AvgIpc) is 2.93. The fourth-order valence-corrected chi connectivity index (χ4v) is 3.00. The van der Waals surface area contributed by atoms with Crippen LogP contribution in [0.15, 0.2) is 18.2 Å². The second kappa shape index (κ2) is 5.35. The lowest BCUT2D eigenvalue weighted by atomic mass is 9.97. The predicted octanol–water partition coefficient (Wildman–Crippen LogP) is 2.12. The van der Waals surface area contributed by atoms with Gasteiger partial charge in [0.1, 0.15) is 5.69 Å². The van der Waals surface area contributed by atoms with E-state index in [9.17, 15) is 19.8 Å². The maximum atomic E-state index is 11.5. The molecule has 0 radical (unpaired) electrons. The molecule has 1 aromatic carbocycles. The maximum absolute atomic E-state index is 11.5. The van der Waals surface area contributed by atoms with E-state index < -0.39 is 11.9 Å². The van der Waals surface area contributed by atoms with Crippen molar-refractivity contribution in [3.05, 3.63) is 35.0 Å². The van der Waals surface area contributed by atoms with E-state index >= 15 is 0 Å². The normalized spacial score (nSPS) is 12.3. The number of fused-ring (bicyclic) bond motifs is 3. The van der Waals surface area contributed by atoms with Crippen LogP contribution in [0.3, 0.4) is 0 Å².